The van der Waals surface area contributed by atoms with Gasteiger partial charge in [0.25, 0.3) is 5.60 Å². The highest BCUT2D eigenvalue weighted by molar-refractivity contribution is 6.48. The highest BCUT2D eigenvalue weighted by Crippen LogP contribution is 2.46. The number of aliphatic hydroxyl groups is 1. The summed E-state index contributed by atoms with van der Waals surface area (Å²) in [6.45, 7) is 23.5. The SMILES string of the molecule is CC/C(=C\C=C\C(O)(C(F)(F)F)C(F)(F)F)c1cccc(CCc2ccc(C(O[Si](C)C)C(C)(C)C)c(C(O[Si](C)C)C(C)(C)C)c2)c1. The maximum absolute atomic E-state index is 13.1. The molecule has 2 aromatic carbocycles. The molecule has 0 aliphatic carbocycles. The number of aryl methyl sites for hydroxylation is 2. The van der Waals surface area contributed by atoms with Crippen molar-refractivity contribution in [3.63, 3.8) is 0 Å². The summed E-state index contributed by atoms with van der Waals surface area (Å²) < 4.78 is 91.9. The van der Waals surface area contributed by atoms with Gasteiger partial charge in [0.15, 0.2) is 0 Å². The number of halogens is 6. The maximum atomic E-state index is 13.1. The quantitative estimate of drug-likeness (QED) is 0.128. The van der Waals surface area contributed by atoms with Gasteiger partial charge in [0, 0.05) is 0 Å². The van der Waals surface area contributed by atoms with Crippen LogP contribution >= 0.6 is 0 Å². The average molecular weight is 715 g/mol. The number of hydrogen-bond acceptors (Lipinski definition) is 3. The summed E-state index contributed by atoms with van der Waals surface area (Å²) in [6, 6.07) is 14.0. The summed E-state index contributed by atoms with van der Waals surface area (Å²) in [7, 11) is -2.06. The molecule has 0 fully saturated rings. The molecule has 0 aliphatic rings. The van der Waals surface area contributed by atoms with Crippen LogP contribution in [0.2, 0.25) is 26.2 Å². The molecular formula is C37H52F6O3Si2. The van der Waals surface area contributed by atoms with Crippen molar-refractivity contribution < 1.29 is 40.3 Å². The van der Waals surface area contributed by atoms with E-state index in [1.165, 1.54) is 6.08 Å². The van der Waals surface area contributed by atoms with Crippen LogP contribution in [0, 0.1) is 10.8 Å². The zero-order chi connectivity index (χ0) is 36.9. The first-order valence-corrected chi connectivity index (χ1v) is 21.0. The van der Waals surface area contributed by atoms with Crippen LogP contribution in [-0.4, -0.2) is 41.1 Å². The normalized spacial score (nSPS) is 15.5. The fraction of sp³-hybridized carbons (Fsp3) is 0.568. The number of benzene rings is 2. The van der Waals surface area contributed by atoms with E-state index in [-0.39, 0.29) is 29.1 Å². The number of alkyl halides is 6. The van der Waals surface area contributed by atoms with Gasteiger partial charge in [-0.05, 0) is 95.7 Å². The summed E-state index contributed by atoms with van der Waals surface area (Å²) in [5.41, 5.74) is 0.318. The Morgan fingerprint density at radius 3 is 1.65 bits per heavy atom. The standard InChI is InChI=1S/C37H52F6O3Si2/c1-12-27(17-14-22-35(44,36(38,39)40)37(41,42)43)28-16-13-15-25(23-28)18-19-26-20-21-29(31(33(2,3)4)45-47(8)9)30(24-26)32(34(5,6)7)46-48(10)11/h13-17,20-24,31-32,44H,12,18-19H2,1-11H3/b22-14+,27-17+. The van der Waals surface area contributed by atoms with Crippen molar-refractivity contribution in [2.45, 2.75) is 124 Å². The lowest BCUT2D eigenvalue weighted by atomic mass is 9.77. The van der Waals surface area contributed by atoms with Crippen LogP contribution in [0.25, 0.3) is 5.57 Å². The Balaban J connectivity index is 2.50. The lowest BCUT2D eigenvalue weighted by Gasteiger charge is -2.39. The minimum atomic E-state index is -5.91. The Hall–Kier alpha value is -2.19. The van der Waals surface area contributed by atoms with Gasteiger partial charge >= 0.3 is 12.4 Å². The molecule has 2 radical (unpaired) electrons. The molecule has 0 aliphatic heterocycles. The van der Waals surface area contributed by atoms with Crippen LogP contribution in [0.4, 0.5) is 26.3 Å². The first-order chi connectivity index (χ1) is 21.8. The Labute approximate surface area is 286 Å². The van der Waals surface area contributed by atoms with E-state index in [0.717, 1.165) is 22.3 Å². The molecule has 2 atom stereocenters. The van der Waals surface area contributed by atoms with Gasteiger partial charge in [-0.2, -0.15) is 26.3 Å². The lowest BCUT2D eigenvalue weighted by molar-refractivity contribution is -0.347. The van der Waals surface area contributed by atoms with Crippen molar-refractivity contribution in [1.82, 2.24) is 0 Å². The van der Waals surface area contributed by atoms with Crippen molar-refractivity contribution in [3.05, 3.63) is 88.5 Å². The van der Waals surface area contributed by atoms with Gasteiger partial charge in [-0.3, -0.25) is 0 Å². The molecular weight excluding hydrogens is 663 g/mol. The molecule has 0 bridgehead atoms. The van der Waals surface area contributed by atoms with Crippen LogP contribution in [0.15, 0.2) is 60.7 Å². The zero-order valence-corrected chi connectivity index (χ0v) is 32.1. The van der Waals surface area contributed by atoms with E-state index >= 15 is 0 Å². The fourth-order valence-electron chi connectivity index (χ4n) is 5.42. The molecule has 0 saturated carbocycles. The Bertz CT molecular complexity index is 1390. The highest BCUT2D eigenvalue weighted by Gasteiger charge is 2.68. The molecule has 0 saturated heterocycles. The van der Waals surface area contributed by atoms with Crippen molar-refractivity contribution in [2.24, 2.45) is 10.8 Å². The topological polar surface area (TPSA) is 38.7 Å². The summed E-state index contributed by atoms with van der Waals surface area (Å²) in [5.74, 6) is 0. The average Bonchev–Trinajstić information content (AvgIpc) is 2.93. The summed E-state index contributed by atoms with van der Waals surface area (Å²) in [6.07, 6.45) is -8.80. The Morgan fingerprint density at radius 2 is 1.21 bits per heavy atom. The predicted octanol–water partition coefficient (Wildman–Crippen LogP) is 11.4. The van der Waals surface area contributed by atoms with Crippen LogP contribution in [0.3, 0.4) is 0 Å². The zero-order valence-electron chi connectivity index (χ0n) is 30.1. The molecule has 11 heteroatoms. The van der Waals surface area contributed by atoms with Crippen molar-refractivity contribution in [1.29, 1.82) is 0 Å². The second-order valence-electron chi connectivity index (χ2n) is 14.9. The van der Waals surface area contributed by atoms with Gasteiger partial charge < -0.3 is 14.0 Å². The second kappa shape index (κ2) is 16.2. The van der Waals surface area contributed by atoms with Gasteiger partial charge in [0.1, 0.15) is 0 Å². The molecule has 0 heterocycles. The summed E-state index contributed by atoms with van der Waals surface area (Å²) >= 11 is 0. The number of allylic oxidation sites excluding steroid dienone is 3. The first-order valence-electron chi connectivity index (χ1n) is 16.2. The minimum Gasteiger partial charge on any atom is -0.410 e. The molecule has 0 aromatic heterocycles. The summed E-state index contributed by atoms with van der Waals surface area (Å²) in [5, 5.41) is 9.45. The van der Waals surface area contributed by atoms with Crippen molar-refractivity contribution in [3.8, 4) is 0 Å². The van der Waals surface area contributed by atoms with E-state index in [9.17, 15) is 31.4 Å². The lowest BCUT2D eigenvalue weighted by Crippen LogP contribution is -2.55. The number of hydrogen-bond donors (Lipinski definition) is 1. The molecule has 3 nitrogen and oxygen atoms in total. The van der Waals surface area contributed by atoms with E-state index in [0.29, 0.717) is 36.5 Å². The van der Waals surface area contributed by atoms with E-state index in [4.69, 9.17) is 8.85 Å². The second-order valence-corrected chi connectivity index (χ2v) is 19.0. The molecule has 0 amide bonds. The largest absolute Gasteiger partial charge is 0.430 e. The molecule has 48 heavy (non-hydrogen) atoms. The number of rotatable bonds is 13. The molecule has 2 aromatic rings. The minimum absolute atomic E-state index is 0.114. The van der Waals surface area contributed by atoms with E-state index in [1.807, 2.05) is 18.2 Å². The van der Waals surface area contributed by atoms with Crippen molar-refractivity contribution >= 4 is 23.7 Å². The van der Waals surface area contributed by atoms with Gasteiger partial charge in [0.2, 0.25) is 18.1 Å². The Kier molecular flexibility index (Phi) is 14.2. The van der Waals surface area contributed by atoms with Crippen LogP contribution < -0.4 is 0 Å². The van der Waals surface area contributed by atoms with Gasteiger partial charge in [0.05, 0.1) is 12.2 Å². The highest BCUT2D eigenvalue weighted by atomic mass is 28.3. The third-order valence-corrected chi connectivity index (χ3v) is 9.29. The Morgan fingerprint density at radius 1 is 0.729 bits per heavy atom. The molecule has 2 rings (SSSR count). The molecule has 1 N–H and O–H groups in total. The third-order valence-electron chi connectivity index (χ3n) is 7.88. The molecule has 268 valence electrons. The van der Waals surface area contributed by atoms with Crippen molar-refractivity contribution in [2.75, 3.05) is 0 Å². The van der Waals surface area contributed by atoms with Gasteiger partial charge in [-0.1, -0.05) is 103 Å². The molecule has 0 spiro atoms. The van der Waals surface area contributed by atoms with E-state index in [1.54, 1.807) is 13.0 Å². The monoisotopic (exact) mass is 714 g/mol. The predicted molar refractivity (Wildman–Crippen MR) is 186 cm³/mol. The van der Waals surface area contributed by atoms with Crippen LogP contribution in [0.1, 0.15) is 94.9 Å². The fourth-order valence-corrected chi connectivity index (χ4v) is 7.32. The smallest absolute Gasteiger partial charge is 0.410 e. The summed E-state index contributed by atoms with van der Waals surface area (Å²) in [4.78, 5) is 0. The molecule has 2 unspecified atom stereocenters. The first kappa shape index (κ1) is 42.0. The van der Waals surface area contributed by atoms with Gasteiger partial charge in [-0.25, -0.2) is 0 Å². The van der Waals surface area contributed by atoms with Crippen LogP contribution in [-0.2, 0) is 21.7 Å². The van der Waals surface area contributed by atoms with E-state index in [2.05, 4.69) is 85.9 Å². The van der Waals surface area contributed by atoms with Crippen LogP contribution in [0.5, 0.6) is 0 Å². The van der Waals surface area contributed by atoms with E-state index < -0.39 is 36.0 Å². The third kappa shape index (κ3) is 11.2. The maximum Gasteiger partial charge on any atom is 0.430 e. The van der Waals surface area contributed by atoms with Gasteiger partial charge in [-0.15, -0.1) is 0 Å².